The molecule has 0 saturated heterocycles. The molecule has 1 aliphatic rings. The zero-order chi connectivity index (χ0) is 26.2. The third-order valence-electron chi connectivity index (χ3n) is 5.01. The second-order valence-electron chi connectivity index (χ2n) is 7.48. The summed E-state index contributed by atoms with van der Waals surface area (Å²) >= 11 is 0. The molecule has 0 aliphatic carbocycles. The predicted octanol–water partition coefficient (Wildman–Crippen LogP) is 3.18. The van der Waals surface area contributed by atoms with Crippen molar-refractivity contribution < 1.29 is 14.3 Å². The lowest BCUT2D eigenvalue weighted by Crippen LogP contribution is -2.42. The maximum atomic E-state index is 12.2. The molecular weight excluding hydrogens is 448 g/mol. The number of amides is 2. The first-order valence-electron chi connectivity index (χ1n) is 10.9. The van der Waals surface area contributed by atoms with Gasteiger partial charge in [-0.15, -0.1) is 0 Å². The van der Waals surface area contributed by atoms with E-state index in [0.717, 1.165) is 16.7 Å². The summed E-state index contributed by atoms with van der Waals surface area (Å²) < 4.78 is 5.08. The number of ether oxygens (including phenoxy) is 1. The van der Waals surface area contributed by atoms with Crippen LogP contribution in [0.25, 0.3) is 0 Å². The minimum absolute atomic E-state index is 0.163. The Morgan fingerprint density at radius 2 is 1.56 bits per heavy atom. The van der Waals surface area contributed by atoms with Gasteiger partial charge in [0.1, 0.15) is 0 Å². The quantitative estimate of drug-likeness (QED) is 0.531. The standard InChI is InChI=1S/C31H22N2O3/c1-5-6-7-8-9-10-11-12-13-14-15-16-17-20-27-21-18-19-24(2)29(27)30-28(22-25(3)36-23-34)26(4)32-31(35)33-30/h18-19,21,23,25,28,30H,22H2,1-4H3,(H,33,35). The first-order valence-corrected chi connectivity index (χ1v) is 10.9. The van der Waals surface area contributed by atoms with Gasteiger partial charge in [0.05, 0.1) is 12.1 Å². The Bertz CT molecular complexity index is 1500. The summed E-state index contributed by atoms with van der Waals surface area (Å²) in [4.78, 5) is 27.1. The smallest absolute Gasteiger partial charge is 0.341 e. The van der Waals surface area contributed by atoms with Crippen molar-refractivity contribution in [1.29, 1.82) is 0 Å². The number of hydrogen-bond acceptors (Lipinski definition) is 3. The Labute approximate surface area is 212 Å². The van der Waals surface area contributed by atoms with Crippen LogP contribution in [0.3, 0.4) is 0 Å². The molecule has 5 heteroatoms. The van der Waals surface area contributed by atoms with Crippen LogP contribution in [0.5, 0.6) is 0 Å². The van der Waals surface area contributed by atoms with Crippen LogP contribution in [0.4, 0.5) is 4.79 Å². The molecule has 1 aliphatic heterocycles. The van der Waals surface area contributed by atoms with E-state index in [1.165, 1.54) is 0 Å². The summed E-state index contributed by atoms with van der Waals surface area (Å²) in [6.45, 7) is 7.69. The minimum Gasteiger partial charge on any atom is -0.465 e. The molecular formula is C31H22N2O3. The number of aryl methyl sites for hydroxylation is 1. The average Bonchev–Trinajstić information content (AvgIpc) is 2.84. The molecule has 5 nitrogen and oxygen atoms in total. The zero-order valence-corrected chi connectivity index (χ0v) is 20.4. The van der Waals surface area contributed by atoms with Crippen molar-refractivity contribution in [2.24, 2.45) is 10.9 Å². The molecule has 2 rings (SSSR count). The average molecular weight is 471 g/mol. The number of benzene rings is 1. The van der Waals surface area contributed by atoms with Gasteiger partial charge in [-0.05, 0) is 122 Å². The molecule has 0 spiro atoms. The molecule has 1 aromatic carbocycles. The van der Waals surface area contributed by atoms with Crippen molar-refractivity contribution in [3.05, 3.63) is 34.9 Å². The van der Waals surface area contributed by atoms with Crippen molar-refractivity contribution in [1.82, 2.24) is 5.32 Å². The molecule has 36 heavy (non-hydrogen) atoms. The van der Waals surface area contributed by atoms with Gasteiger partial charge in [0.2, 0.25) is 0 Å². The van der Waals surface area contributed by atoms with Gasteiger partial charge in [0, 0.05) is 17.2 Å². The van der Waals surface area contributed by atoms with Crippen molar-refractivity contribution >= 4 is 18.2 Å². The first-order chi connectivity index (χ1) is 17.5. The Morgan fingerprint density at radius 3 is 2.14 bits per heavy atom. The summed E-state index contributed by atoms with van der Waals surface area (Å²) in [7, 11) is 0. The van der Waals surface area contributed by atoms with Crippen molar-refractivity contribution in [3.8, 4) is 82.9 Å². The molecule has 1 heterocycles. The van der Waals surface area contributed by atoms with E-state index in [2.05, 4.69) is 93.2 Å². The topological polar surface area (TPSA) is 67.8 Å². The number of carbonyl (C=O) groups excluding carboxylic acids is 2. The van der Waals surface area contributed by atoms with Crippen LogP contribution in [-0.4, -0.2) is 24.3 Å². The van der Waals surface area contributed by atoms with Crippen LogP contribution in [0.2, 0.25) is 0 Å². The van der Waals surface area contributed by atoms with Gasteiger partial charge >= 0.3 is 6.03 Å². The summed E-state index contributed by atoms with van der Waals surface area (Å²) in [6.07, 6.45) is 0.163. The van der Waals surface area contributed by atoms with Gasteiger partial charge in [0.25, 0.3) is 6.47 Å². The van der Waals surface area contributed by atoms with Crippen molar-refractivity contribution in [3.63, 3.8) is 0 Å². The molecule has 0 aromatic heterocycles. The van der Waals surface area contributed by atoms with E-state index in [1.807, 2.05) is 25.1 Å². The lowest BCUT2D eigenvalue weighted by atomic mass is 9.81. The number of nitrogens with zero attached hydrogens (tertiary/aromatic N) is 1. The van der Waals surface area contributed by atoms with E-state index >= 15 is 0 Å². The second-order valence-corrected chi connectivity index (χ2v) is 7.48. The SMILES string of the molecule is CC#CC#CC#CC#CC#CC#CC#Cc1cccc(C)c1C1NC(=O)N=C(C)C1CC(C)OC=O. The number of nitrogens with one attached hydrogen (secondary N) is 1. The first kappa shape index (κ1) is 27.0. The van der Waals surface area contributed by atoms with Crippen LogP contribution in [0.1, 0.15) is 49.9 Å². The van der Waals surface area contributed by atoms with E-state index in [4.69, 9.17) is 4.74 Å². The Kier molecular flexibility index (Phi) is 11.1. The van der Waals surface area contributed by atoms with Gasteiger partial charge < -0.3 is 10.1 Å². The van der Waals surface area contributed by atoms with Crippen molar-refractivity contribution in [2.45, 2.75) is 46.3 Å². The number of rotatable bonds is 5. The van der Waals surface area contributed by atoms with E-state index in [0.29, 0.717) is 18.6 Å². The molecule has 3 atom stereocenters. The number of hydrogen-bond donors (Lipinski definition) is 1. The third-order valence-corrected chi connectivity index (χ3v) is 5.01. The van der Waals surface area contributed by atoms with Crippen LogP contribution in [-0.2, 0) is 9.53 Å². The van der Waals surface area contributed by atoms with Crippen LogP contribution >= 0.6 is 0 Å². The van der Waals surface area contributed by atoms with Gasteiger partial charge in [-0.3, -0.25) is 4.79 Å². The normalized spacial score (nSPS) is 15.3. The molecule has 1 N–H and O–H groups in total. The minimum atomic E-state index is -0.414. The highest BCUT2D eigenvalue weighted by molar-refractivity contribution is 5.98. The number of aliphatic imine (C=N–C) groups is 1. The molecule has 0 saturated carbocycles. The van der Waals surface area contributed by atoms with Gasteiger partial charge in [0.15, 0.2) is 0 Å². The lowest BCUT2D eigenvalue weighted by molar-refractivity contribution is -0.133. The summed E-state index contributed by atoms with van der Waals surface area (Å²) in [5.41, 5.74) is 3.25. The molecule has 1 aromatic rings. The van der Waals surface area contributed by atoms with Crippen molar-refractivity contribution in [2.75, 3.05) is 0 Å². The Balaban J connectivity index is 2.27. The largest absolute Gasteiger partial charge is 0.465 e. The summed E-state index contributed by atoms with van der Waals surface area (Å²) in [5, 5.41) is 2.95. The molecule has 2 amide bonds. The Hall–Kier alpha value is -5.25. The maximum absolute atomic E-state index is 12.2. The van der Waals surface area contributed by atoms with E-state index in [-0.39, 0.29) is 18.1 Å². The zero-order valence-electron chi connectivity index (χ0n) is 20.4. The highest BCUT2D eigenvalue weighted by Gasteiger charge is 2.34. The van der Waals surface area contributed by atoms with E-state index in [1.54, 1.807) is 20.8 Å². The van der Waals surface area contributed by atoms with Gasteiger partial charge in [-0.25, -0.2) is 9.79 Å². The van der Waals surface area contributed by atoms with Crippen LogP contribution in [0.15, 0.2) is 23.2 Å². The van der Waals surface area contributed by atoms with Gasteiger partial charge in [-0.2, -0.15) is 0 Å². The fourth-order valence-electron chi connectivity index (χ4n) is 3.51. The molecule has 3 unspecified atom stereocenters. The lowest BCUT2D eigenvalue weighted by Gasteiger charge is -2.34. The molecule has 174 valence electrons. The fourth-order valence-corrected chi connectivity index (χ4v) is 3.51. The Morgan fingerprint density at radius 1 is 0.972 bits per heavy atom. The molecule has 0 radical (unpaired) electrons. The van der Waals surface area contributed by atoms with E-state index < -0.39 is 6.03 Å². The second kappa shape index (κ2) is 14.8. The fraction of sp³-hybridized carbons (Fsp3) is 0.258. The van der Waals surface area contributed by atoms with E-state index in [9.17, 15) is 9.59 Å². The van der Waals surface area contributed by atoms with Gasteiger partial charge in [-0.1, -0.05) is 24.0 Å². The maximum Gasteiger partial charge on any atom is 0.341 e. The predicted molar refractivity (Wildman–Crippen MR) is 139 cm³/mol. The third kappa shape index (κ3) is 8.60. The molecule has 0 bridgehead atoms. The monoisotopic (exact) mass is 470 g/mol. The highest BCUT2D eigenvalue weighted by Crippen LogP contribution is 2.34. The van der Waals surface area contributed by atoms with Crippen LogP contribution in [0, 0.1) is 95.7 Å². The number of urea groups is 1. The summed E-state index contributed by atoms with van der Waals surface area (Å²) in [5.74, 6) is 36.7. The summed E-state index contributed by atoms with van der Waals surface area (Å²) in [6, 6.07) is 4.93. The highest BCUT2D eigenvalue weighted by atomic mass is 16.5. The van der Waals surface area contributed by atoms with Crippen LogP contribution < -0.4 is 5.32 Å². The number of carbonyl (C=O) groups is 2. The molecule has 0 fully saturated rings.